The Hall–Kier alpha value is -1.97. The molecule has 0 amide bonds. The van der Waals surface area contributed by atoms with Gasteiger partial charge in [-0.1, -0.05) is 6.92 Å². The van der Waals surface area contributed by atoms with Gasteiger partial charge in [0.15, 0.2) is 6.29 Å². The van der Waals surface area contributed by atoms with Crippen molar-refractivity contribution in [3.63, 3.8) is 0 Å². The first-order valence-electron chi connectivity index (χ1n) is 5.21. The van der Waals surface area contributed by atoms with E-state index >= 15 is 0 Å². The maximum Gasteiger partial charge on any atom is 0.151 e. The molecule has 0 spiro atoms. The molecule has 0 aliphatic carbocycles. The fourth-order valence-electron chi connectivity index (χ4n) is 1.61. The average Bonchev–Trinajstić information content (AvgIpc) is 2.70. The van der Waals surface area contributed by atoms with E-state index in [1.165, 1.54) is 0 Å². The van der Waals surface area contributed by atoms with Gasteiger partial charge in [0.1, 0.15) is 11.6 Å². The minimum atomic E-state index is 0.582. The number of pyridine rings is 1. The molecule has 82 valence electrons. The van der Waals surface area contributed by atoms with Gasteiger partial charge >= 0.3 is 0 Å². The van der Waals surface area contributed by atoms with Crippen LogP contribution in [-0.4, -0.2) is 20.8 Å². The summed E-state index contributed by atoms with van der Waals surface area (Å²) in [7, 11) is 0. The molecule has 0 aromatic carbocycles. The second-order valence-corrected chi connectivity index (χ2v) is 3.59. The zero-order valence-corrected chi connectivity index (χ0v) is 9.34. The highest BCUT2D eigenvalue weighted by Crippen LogP contribution is 2.11. The number of aldehydes is 1. The second-order valence-electron chi connectivity index (χ2n) is 3.59. The maximum atomic E-state index is 10.5. The summed E-state index contributed by atoms with van der Waals surface area (Å²) in [5.74, 6) is 1.77. The molecule has 0 aliphatic heterocycles. The Morgan fingerprint density at radius 3 is 2.81 bits per heavy atom. The summed E-state index contributed by atoms with van der Waals surface area (Å²) in [6.45, 7) is 4.01. The van der Waals surface area contributed by atoms with E-state index in [1.54, 1.807) is 12.3 Å². The number of imidazole rings is 1. The van der Waals surface area contributed by atoms with E-state index in [1.807, 2.05) is 23.8 Å². The number of nitrogens with zero attached hydrogens (tertiary/aromatic N) is 3. The lowest BCUT2D eigenvalue weighted by Gasteiger charge is -2.04. The maximum absolute atomic E-state index is 10.5. The van der Waals surface area contributed by atoms with Crippen LogP contribution >= 0.6 is 0 Å². The number of aromatic nitrogens is 3. The normalized spacial score (nSPS) is 10.4. The Morgan fingerprint density at radius 1 is 1.44 bits per heavy atom. The molecular formula is C12H13N3O. The van der Waals surface area contributed by atoms with Crippen LogP contribution in [0, 0.1) is 6.92 Å². The van der Waals surface area contributed by atoms with Crippen LogP contribution in [-0.2, 0) is 6.42 Å². The first kappa shape index (κ1) is 10.5. The van der Waals surface area contributed by atoms with Gasteiger partial charge in [-0.15, -0.1) is 0 Å². The zero-order valence-electron chi connectivity index (χ0n) is 9.34. The van der Waals surface area contributed by atoms with E-state index in [2.05, 4.69) is 16.9 Å². The van der Waals surface area contributed by atoms with E-state index in [0.29, 0.717) is 5.56 Å². The lowest BCUT2D eigenvalue weighted by atomic mass is 10.3. The van der Waals surface area contributed by atoms with Crippen LogP contribution in [0.15, 0.2) is 24.5 Å². The smallest absolute Gasteiger partial charge is 0.151 e. The minimum Gasteiger partial charge on any atom is -0.298 e. The monoisotopic (exact) mass is 215 g/mol. The molecule has 2 heterocycles. The number of rotatable bonds is 3. The summed E-state index contributed by atoms with van der Waals surface area (Å²) in [6.07, 6.45) is 5.15. The summed E-state index contributed by atoms with van der Waals surface area (Å²) in [4.78, 5) is 19.2. The predicted octanol–water partition coefficient (Wildman–Crippen LogP) is 1.95. The van der Waals surface area contributed by atoms with Crippen molar-refractivity contribution in [3.05, 3.63) is 41.6 Å². The molecule has 0 aliphatic rings. The number of hydrogen-bond acceptors (Lipinski definition) is 3. The van der Waals surface area contributed by atoms with Crippen molar-refractivity contribution < 1.29 is 4.79 Å². The molecule has 16 heavy (non-hydrogen) atoms. The van der Waals surface area contributed by atoms with Gasteiger partial charge in [-0.25, -0.2) is 9.97 Å². The molecule has 0 radical (unpaired) electrons. The number of carbonyl (C=O) groups is 1. The van der Waals surface area contributed by atoms with Gasteiger partial charge in [-0.3, -0.25) is 9.36 Å². The molecule has 0 unspecified atom stereocenters. The molecular weight excluding hydrogens is 202 g/mol. The Bertz CT molecular complexity index is 499. The highest BCUT2D eigenvalue weighted by Gasteiger charge is 2.06. The number of carbonyl (C=O) groups excluding carboxylic acids is 1. The van der Waals surface area contributed by atoms with Gasteiger partial charge in [-0.2, -0.15) is 0 Å². The van der Waals surface area contributed by atoms with Crippen molar-refractivity contribution >= 4 is 6.29 Å². The van der Waals surface area contributed by atoms with Crippen LogP contribution in [0.25, 0.3) is 5.82 Å². The molecule has 0 saturated heterocycles. The van der Waals surface area contributed by atoms with Crippen LogP contribution in [0.5, 0.6) is 0 Å². The molecule has 4 heteroatoms. The predicted molar refractivity (Wildman–Crippen MR) is 60.9 cm³/mol. The Labute approximate surface area is 94.0 Å². The first-order chi connectivity index (χ1) is 7.74. The standard InChI is InChI=1S/C12H13N3O/c1-3-11-14-9(2)7-15(11)12-5-4-10(8-16)6-13-12/h4-8H,3H2,1-2H3. The van der Waals surface area contributed by atoms with Crippen LogP contribution < -0.4 is 0 Å². The SMILES string of the molecule is CCc1nc(C)cn1-c1ccc(C=O)cn1. The largest absolute Gasteiger partial charge is 0.298 e. The number of aryl methyl sites for hydroxylation is 2. The Morgan fingerprint density at radius 2 is 2.25 bits per heavy atom. The molecule has 0 bridgehead atoms. The van der Waals surface area contributed by atoms with E-state index in [0.717, 1.165) is 30.0 Å². The molecule has 2 aromatic rings. The molecule has 0 fully saturated rings. The van der Waals surface area contributed by atoms with Crippen LogP contribution in [0.2, 0.25) is 0 Å². The quantitative estimate of drug-likeness (QED) is 0.735. The zero-order chi connectivity index (χ0) is 11.5. The van der Waals surface area contributed by atoms with Crippen LogP contribution in [0.1, 0.15) is 28.8 Å². The van der Waals surface area contributed by atoms with Gasteiger partial charge in [-0.05, 0) is 19.1 Å². The minimum absolute atomic E-state index is 0.582. The van der Waals surface area contributed by atoms with Crippen LogP contribution in [0.4, 0.5) is 0 Å². The summed E-state index contributed by atoms with van der Waals surface area (Å²) >= 11 is 0. The molecule has 2 aromatic heterocycles. The van der Waals surface area contributed by atoms with Crippen molar-refractivity contribution in [1.82, 2.24) is 14.5 Å². The summed E-state index contributed by atoms with van der Waals surface area (Å²) in [6, 6.07) is 3.58. The fourth-order valence-corrected chi connectivity index (χ4v) is 1.61. The van der Waals surface area contributed by atoms with E-state index in [-0.39, 0.29) is 0 Å². The van der Waals surface area contributed by atoms with Gasteiger partial charge in [0.2, 0.25) is 0 Å². The molecule has 0 saturated carbocycles. The third-order valence-electron chi connectivity index (χ3n) is 2.37. The van der Waals surface area contributed by atoms with Gasteiger partial charge in [0.25, 0.3) is 0 Å². The highest BCUT2D eigenvalue weighted by molar-refractivity contribution is 5.74. The summed E-state index contributed by atoms with van der Waals surface area (Å²) in [5.41, 5.74) is 1.55. The van der Waals surface area contributed by atoms with Gasteiger partial charge < -0.3 is 0 Å². The topological polar surface area (TPSA) is 47.8 Å². The fraction of sp³-hybridized carbons (Fsp3) is 0.250. The van der Waals surface area contributed by atoms with E-state index in [9.17, 15) is 4.79 Å². The summed E-state index contributed by atoms with van der Waals surface area (Å²) in [5, 5.41) is 0. The van der Waals surface area contributed by atoms with Crippen molar-refractivity contribution in [2.75, 3.05) is 0 Å². The van der Waals surface area contributed by atoms with Crippen molar-refractivity contribution in [2.24, 2.45) is 0 Å². The van der Waals surface area contributed by atoms with Crippen molar-refractivity contribution in [3.8, 4) is 5.82 Å². The average molecular weight is 215 g/mol. The van der Waals surface area contributed by atoms with Crippen LogP contribution in [0.3, 0.4) is 0 Å². The molecule has 4 nitrogen and oxygen atoms in total. The van der Waals surface area contributed by atoms with Gasteiger partial charge in [0, 0.05) is 24.4 Å². The first-order valence-corrected chi connectivity index (χ1v) is 5.21. The van der Waals surface area contributed by atoms with Gasteiger partial charge in [0.05, 0.1) is 5.69 Å². The number of hydrogen-bond donors (Lipinski definition) is 0. The molecule has 0 N–H and O–H groups in total. The Kier molecular flexibility index (Phi) is 2.81. The second kappa shape index (κ2) is 4.26. The highest BCUT2D eigenvalue weighted by atomic mass is 16.1. The molecule has 0 atom stereocenters. The van der Waals surface area contributed by atoms with E-state index in [4.69, 9.17) is 0 Å². The lowest BCUT2D eigenvalue weighted by Crippen LogP contribution is -2.01. The third kappa shape index (κ3) is 1.86. The van der Waals surface area contributed by atoms with Crippen molar-refractivity contribution in [1.29, 1.82) is 0 Å². The third-order valence-corrected chi connectivity index (χ3v) is 2.37. The Balaban J connectivity index is 2.45. The van der Waals surface area contributed by atoms with Crippen molar-refractivity contribution in [2.45, 2.75) is 20.3 Å². The van der Waals surface area contributed by atoms with E-state index < -0.39 is 0 Å². The summed E-state index contributed by atoms with van der Waals surface area (Å²) < 4.78 is 1.95. The molecule has 2 rings (SSSR count). The lowest BCUT2D eigenvalue weighted by molar-refractivity contribution is 0.112.